The van der Waals surface area contributed by atoms with E-state index in [9.17, 15) is 27.5 Å². The standard InChI is InChI=1S/C25H29ClFN3O5S2/c1-15(2)23(31)22(30-24(32)20-13-16-7-3-4-8-19(16)36-20)25(33)28-11-5-6-12-29-37(34,35)21-10-9-17(27)14-18(21)26/h3-4,7-10,13-15,22-23,29,31H,5-6,11-12H2,1-2H3,(H,28,33)(H,30,32)/t22-,23+/m0/s1. The van der Waals surface area contributed by atoms with E-state index in [2.05, 4.69) is 15.4 Å². The minimum Gasteiger partial charge on any atom is -0.390 e. The lowest BCUT2D eigenvalue weighted by Crippen LogP contribution is -2.54. The molecule has 200 valence electrons. The van der Waals surface area contributed by atoms with Gasteiger partial charge in [-0.05, 0) is 54.5 Å². The Morgan fingerprint density at radius 1 is 1.08 bits per heavy atom. The summed E-state index contributed by atoms with van der Waals surface area (Å²) >= 11 is 7.13. The molecule has 3 aromatic rings. The molecule has 1 aromatic heterocycles. The van der Waals surface area contributed by atoms with Gasteiger partial charge in [0.1, 0.15) is 16.8 Å². The van der Waals surface area contributed by atoms with Gasteiger partial charge in [-0.15, -0.1) is 11.3 Å². The summed E-state index contributed by atoms with van der Waals surface area (Å²) in [4.78, 5) is 25.9. The molecule has 2 aromatic carbocycles. The molecule has 0 spiro atoms. The largest absolute Gasteiger partial charge is 0.390 e. The van der Waals surface area contributed by atoms with Crippen LogP contribution in [0.25, 0.3) is 10.1 Å². The number of amides is 2. The first-order valence-electron chi connectivity index (χ1n) is 11.7. The van der Waals surface area contributed by atoms with E-state index in [0.29, 0.717) is 17.7 Å². The van der Waals surface area contributed by atoms with Crippen molar-refractivity contribution >= 4 is 54.9 Å². The van der Waals surface area contributed by atoms with Gasteiger partial charge in [-0.25, -0.2) is 17.5 Å². The predicted molar refractivity (Wildman–Crippen MR) is 143 cm³/mol. The Morgan fingerprint density at radius 3 is 2.46 bits per heavy atom. The molecular formula is C25H29ClFN3O5S2. The molecule has 12 heteroatoms. The Morgan fingerprint density at radius 2 is 1.78 bits per heavy atom. The molecule has 0 radical (unpaired) electrons. The number of unbranched alkanes of at least 4 members (excludes halogenated alkanes) is 1. The maximum absolute atomic E-state index is 13.2. The van der Waals surface area contributed by atoms with Crippen LogP contribution in [0.15, 0.2) is 53.4 Å². The highest BCUT2D eigenvalue weighted by Crippen LogP contribution is 2.25. The number of benzene rings is 2. The van der Waals surface area contributed by atoms with Crippen molar-refractivity contribution in [3.05, 3.63) is 64.2 Å². The summed E-state index contributed by atoms with van der Waals surface area (Å²) in [5.74, 6) is -1.91. The second-order valence-corrected chi connectivity index (χ2v) is 12.0. The molecule has 0 aliphatic carbocycles. The molecule has 0 saturated heterocycles. The summed E-state index contributed by atoms with van der Waals surface area (Å²) < 4.78 is 41.2. The van der Waals surface area contributed by atoms with Crippen LogP contribution in [0.4, 0.5) is 4.39 Å². The third kappa shape index (κ3) is 7.71. The second-order valence-electron chi connectivity index (χ2n) is 8.80. The Hall–Kier alpha value is -2.57. The lowest BCUT2D eigenvalue weighted by atomic mass is 9.98. The number of halogens is 2. The van der Waals surface area contributed by atoms with Crippen molar-refractivity contribution in [2.24, 2.45) is 5.92 Å². The number of carbonyl (C=O) groups is 2. The number of fused-ring (bicyclic) bond motifs is 1. The summed E-state index contributed by atoms with van der Waals surface area (Å²) in [6.07, 6.45) is -0.282. The van der Waals surface area contributed by atoms with Gasteiger partial charge < -0.3 is 15.7 Å². The van der Waals surface area contributed by atoms with E-state index in [1.165, 1.54) is 11.3 Å². The van der Waals surface area contributed by atoms with Crippen molar-refractivity contribution < 1.29 is 27.5 Å². The fourth-order valence-electron chi connectivity index (χ4n) is 3.55. The molecule has 3 rings (SSSR count). The fourth-order valence-corrected chi connectivity index (χ4v) is 6.12. The number of rotatable bonds is 12. The minimum absolute atomic E-state index is 0.0760. The van der Waals surface area contributed by atoms with Gasteiger partial charge in [0.05, 0.1) is 16.0 Å². The summed E-state index contributed by atoms with van der Waals surface area (Å²) in [5, 5.41) is 16.6. The van der Waals surface area contributed by atoms with Gasteiger partial charge in [-0.3, -0.25) is 9.59 Å². The number of carbonyl (C=O) groups excluding carboxylic acids is 2. The van der Waals surface area contributed by atoms with Crippen molar-refractivity contribution in [3.8, 4) is 0 Å². The van der Waals surface area contributed by atoms with E-state index < -0.39 is 39.8 Å². The summed E-state index contributed by atoms with van der Waals surface area (Å²) in [7, 11) is -3.91. The number of nitrogens with one attached hydrogen (secondary N) is 3. The van der Waals surface area contributed by atoms with E-state index in [4.69, 9.17) is 11.6 Å². The number of aliphatic hydroxyl groups excluding tert-OH is 1. The molecule has 0 fully saturated rings. The molecule has 8 nitrogen and oxygen atoms in total. The highest BCUT2D eigenvalue weighted by Gasteiger charge is 2.31. The first kappa shape index (κ1) is 29.0. The molecule has 4 N–H and O–H groups in total. The van der Waals surface area contributed by atoms with Crippen LogP contribution in [0, 0.1) is 11.7 Å². The lowest BCUT2D eigenvalue weighted by Gasteiger charge is -2.25. The van der Waals surface area contributed by atoms with E-state index in [1.807, 2.05) is 24.3 Å². The molecule has 0 saturated carbocycles. The third-order valence-electron chi connectivity index (χ3n) is 5.62. The van der Waals surface area contributed by atoms with Gasteiger partial charge >= 0.3 is 0 Å². The zero-order valence-electron chi connectivity index (χ0n) is 20.3. The van der Waals surface area contributed by atoms with Gasteiger partial charge in [0, 0.05) is 17.8 Å². The zero-order chi connectivity index (χ0) is 27.2. The number of hydrogen-bond acceptors (Lipinski definition) is 6. The third-order valence-corrected chi connectivity index (χ3v) is 8.68. The molecule has 0 unspecified atom stereocenters. The van der Waals surface area contributed by atoms with Crippen molar-refractivity contribution in [3.63, 3.8) is 0 Å². The molecule has 0 bridgehead atoms. The van der Waals surface area contributed by atoms with Crippen molar-refractivity contribution in [2.75, 3.05) is 13.1 Å². The highest BCUT2D eigenvalue weighted by molar-refractivity contribution is 7.89. The normalized spacial score (nSPS) is 13.5. The van der Waals surface area contributed by atoms with Crippen LogP contribution < -0.4 is 15.4 Å². The van der Waals surface area contributed by atoms with Crippen LogP contribution in [-0.2, 0) is 14.8 Å². The van der Waals surface area contributed by atoms with Crippen LogP contribution in [0.5, 0.6) is 0 Å². The van der Waals surface area contributed by atoms with E-state index in [0.717, 1.165) is 28.3 Å². The van der Waals surface area contributed by atoms with Crippen LogP contribution in [0.3, 0.4) is 0 Å². The van der Waals surface area contributed by atoms with Gasteiger partial charge in [-0.2, -0.15) is 0 Å². The van der Waals surface area contributed by atoms with Gasteiger partial charge in [0.15, 0.2) is 0 Å². The second kappa shape index (κ2) is 12.8. The van der Waals surface area contributed by atoms with Crippen molar-refractivity contribution in [1.29, 1.82) is 0 Å². The topological polar surface area (TPSA) is 125 Å². The summed E-state index contributed by atoms with van der Waals surface area (Å²) in [5.41, 5.74) is 0. The van der Waals surface area contributed by atoms with Crippen LogP contribution >= 0.6 is 22.9 Å². The van der Waals surface area contributed by atoms with E-state index in [1.54, 1.807) is 19.9 Å². The highest BCUT2D eigenvalue weighted by atomic mass is 35.5. The maximum atomic E-state index is 13.2. The molecule has 2 atom stereocenters. The van der Waals surface area contributed by atoms with Gasteiger partial charge in [0.25, 0.3) is 5.91 Å². The van der Waals surface area contributed by atoms with Gasteiger partial charge in [0.2, 0.25) is 15.9 Å². The first-order valence-corrected chi connectivity index (χ1v) is 14.4. The minimum atomic E-state index is -3.91. The molecule has 0 aliphatic heterocycles. The van der Waals surface area contributed by atoms with Crippen LogP contribution in [-0.4, -0.2) is 50.6 Å². The van der Waals surface area contributed by atoms with Crippen LogP contribution in [0.1, 0.15) is 36.4 Å². The molecular weight excluding hydrogens is 541 g/mol. The molecule has 2 amide bonds. The average Bonchev–Trinajstić information content (AvgIpc) is 3.28. The Kier molecular flexibility index (Phi) is 10.0. The fraction of sp³-hybridized carbons (Fsp3) is 0.360. The Bertz CT molecular complexity index is 1330. The van der Waals surface area contributed by atoms with Gasteiger partial charge in [-0.1, -0.05) is 43.6 Å². The zero-order valence-corrected chi connectivity index (χ0v) is 22.7. The van der Waals surface area contributed by atoms with Crippen LogP contribution in [0.2, 0.25) is 5.02 Å². The number of sulfonamides is 1. The predicted octanol–water partition coefficient (Wildman–Crippen LogP) is 3.68. The number of aliphatic hydroxyl groups is 1. The lowest BCUT2D eigenvalue weighted by molar-refractivity contribution is -0.126. The van der Waals surface area contributed by atoms with E-state index in [-0.39, 0.29) is 28.9 Å². The van der Waals surface area contributed by atoms with Crippen molar-refractivity contribution in [2.45, 2.75) is 43.7 Å². The van der Waals surface area contributed by atoms with E-state index >= 15 is 0 Å². The number of hydrogen-bond donors (Lipinski definition) is 4. The SMILES string of the molecule is CC(C)[C@@H](O)[C@H](NC(=O)c1cc2ccccc2s1)C(=O)NCCCCNS(=O)(=O)c1ccc(F)cc1Cl. The summed E-state index contributed by atoms with van der Waals surface area (Å²) in [6, 6.07) is 11.2. The Labute approximate surface area is 224 Å². The first-order chi connectivity index (χ1) is 17.5. The Balaban J connectivity index is 1.51. The average molecular weight is 570 g/mol. The molecule has 0 aliphatic rings. The molecule has 1 heterocycles. The maximum Gasteiger partial charge on any atom is 0.262 e. The number of thiophene rings is 1. The summed E-state index contributed by atoms with van der Waals surface area (Å²) in [6.45, 7) is 3.77. The van der Waals surface area contributed by atoms with Crippen molar-refractivity contribution in [1.82, 2.24) is 15.4 Å². The smallest absolute Gasteiger partial charge is 0.262 e. The monoisotopic (exact) mass is 569 g/mol. The quantitative estimate of drug-likeness (QED) is 0.248. The molecule has 37 heavy (non-hydrogen) atoms.